The molecule has 2 aromatic rings. The molecule has 0 radical (unpaired) electrons. The molecule has 8 heteroatoms. The summed E-state index contributed by atoms with van der Waals surface area (Å²) in [7, 11) is -3.61. The Balaban J connectivity index is 2.64. The average molecular weight is 339 g/mol. The predicted octanol–water partition coefficient (Wildman–Crippen LogP) is -0.385. The van der Waals surface area contributed by atoms with Gasteiger partial charge in [0.2, 0.25) is 0 Å². The summed E-state index contributed by atoms with van der Waals surface area (Å²) in [5, 5.41) is 36.7. The first kappa shape index (κ1) is 15.2. The van der Waals surface area contributed by atoms with Crippen molar-refractivity contribution in [3.05, 3.63) is 46.7 Å². The highest BCUT2D eigenvalue weighted by molar-refractivity contribution is 9.10. The van der Waals surface area contributed by atoms with E-state index >= 15 is 0 Å². The number of halogens is 2. The van der Waals surface area contributed by atoms with E-state index in [1.54, 1.807) is 12.1 Å². The molecule has 2 rings (SSSR count). The van der Waals surface area contributed by atoms with Crippen LogP contribution in [-0.4, -0.2) is 34.3 Å². The third kappa shape index (κ3) is 2.79. The Labute approximate surface area is 123 Å². The highest BCUT2D eigenvalue weighted by atomic mass is 79.9. The fraction of sp³-hybridized carbons (Fsp3) is 0. The van der Waals surface area contributed by atoms with E-state index in [4.69, 9.17) is 10.0 Å². The zero-order valence-corrected chi connectivity index (χ0v) is 11.7. The predicted molar refractivity (Wildman–Crippen MR) is 79.2 cm³/mol. The van der Waals surface area contributed by atoms with Crippen LogP contribution in [0.5, 0.6) is 0 Å². The van der Waals surface area contributed by atoms with Crippen LogP contribution >= 0.6 is 15.9 Å². The fourth-order valence-corrected chi connectivity index (χ4v) is 2.60. The lowest BCUT2D eigenvalue weighted by Gasteiger charge is -2.12. The van der Waals surface area contributed by atoms with Gasteiger partial charge in [0.25, 0.3) is 0 Å². The summed E-state index contributed by atoms with van der Waals surface area (Å²) in [5.74, 6) is -0.771. The molecule has 0 spiro atoms. The van der Waals surface area contributed by atoms with Gasteiger partial charge in [0.15, 0.2) is 0 Å². The van der Waals surface area contributed by atoms with Crippen molar-refractivity contribution in [2.24, 2.45) is 0 Å². The maximum atomic E-state index is 14.3. The van der Waals surface area contributed by atoms with E-state index in [0.717, 1.165) is 0 Å². The molecular weight excluding hydrogens is 329 g/mol. The maximum Gasteiger partial charge on any atom is 0.491 e. The Kier molecular flexibility index (Phi) is 4.62. The maximum absolute atomic E-state index is 14.3. The van der Waals surface area contributed by atoms with E-state index in [1.165, 1.54) is 24.3 Å². The van der Waals surface area contributed by atoms with Crippen LogP contribution in [0.4, 0.5) is 4.39 Å². The molecule has 4 nitrogen and oxygen atoms in total. The molecule has 0 saturated carbocycles. The van der Waals surface area contributed by atoms with Crippen LogP contribution < -0.4 is 10.9 Å². The molecule has 4 N–H and O–H groups in total. The van der Waals surface area contributed by atoms with Crippen LogP contribution in [0.2, 0.25) is 0 Å². The van der Waals surface area contributed by atoms with Gasteiger partial charge in [0, 0.05) is 15.5 Å². The molecule has 0 aliphatic rings. The van der Waals surface area contributed by atoms with Crippen molar-refractivity contribution >= 4 is 41.1 Å². The molecule has 0 bridgehead atoms. The monoisotopic (exact) mass is 338 g/mol. The number of rotatable bonds is 3. The molecule has 0 amide bonds. The van der Waals surface area contributed by atoms with Gasteiger partial charge >= 0.3 is 14.2 Å². The Morgan fingerprint density at radius 3 is 1.85 bits per heavy atom. The summed E-state index contributed by atoms with van der Waals surface area (Å²) < 4.78 is 14.6. The molecule has 0 atom stereocenters. The van der Waals surface area contributed by atoms with E-state index in [1.807, 2.05) is 0 Å². The minimum Gasteiger partial charge on any atom is -0.423 e. The van der Waals surface area contributed by atoms with Gasteiger partial charge in [0.05, 0.1) is 0 Å². The van der Waals surface area contributed by atoms with Crippen LogP contribution in [0.1, 0.15) is 0 Å². The van der Waals surface area contributed by atoms with Crippen molar-refractivity contribution < 1.29 is 24.5 Å². The van der Waals surface area contributed by atoms with Crippen molar-refractivity contribution in [3.63, 3.8) is 0 Å². The molecule has 0 fully saturated rings. The second-order valence-corrected chi connectivity index (χ2v) is 4.96. The van der Waals surface area contributed by atoms with Gasteiger partial charge in [-0.3, -0.25) is 0 Å². The van der Waals surface area contributed by atoms with Crippen molar-refractivity contribution in [3.8, 4) is 11.1 Å². The van der Waals surface area contributed by atoms with Crippen LogP contribution in [0.3, 0.4) is 0 Å². The Bertz CT molecular complexity index is 581. The normalized spacial score (nSPS) is 10.5. The molecule has 0 unspecified atom stereocenters. The second-order valence-electron chi connectivity index (χ2n) is 4.16. The molecule has 0 aliphatic carbocycles. The Hall–Kier alpha value is -1.18. The van der Waals surface area contributed by atoms with Gasteiger partial charge in [-0.15, -0.1) is 0 Å². The SMILES string of the molecule is OB(O)c1cccc(-c2cccc(B(O)O)c2Br)c1F. The molecule has 0 saturated heterocycles. The van der Waals surface area contributed by atoms with E-state index in [9.17, 15) is 14.4 Å². The Morgan fingerprint density at radius 1 is 0.800 bits per heavy atom. The number of benzene rings is 2. The highest BCUT2D eigenvalue weighted by Gasteiger charge is 2.22. The van der Waals surface area contributed by atoms with Crippen LogP contribution in [0.15, 0.2) is 40.9 Å². The first-order valence-electron chi connectivity index (χ1n) is 5.73. The smallest absolute Gasteiger partial charge is 0.423 e. The minimum absolute atomic E-state index is 0.130. The molecular formula is C12H10B2BrFO4. The minimum atomic E-state index is -1.92. The number of hydrogen-bond acceptors (Lipinski definition) is 4. The first-order valence-corrected chi connectivity index (χ1v) is 6.52. The summed E-state index contributed by atoms with van der Waals surface area (Å²) in [6.07, 6.45) is 0. The van der Waals surface area contributed by atoms with E-state index < -0.39 is 20.1 Å². The largest absolute Gasteiger partial charge is 0.491 e. The van der Waals surface area contributed by atoms with Gasteiger partial charge < -0.3 is 20.1 Å². The topological polar surface area (TPSA) is 80.9 Å². The molecule has 0 aliphatic heterocycles. The zero-order chi connectivity index (χ0) is 14.9. The highest BCUT2D eigenvalue weighted by Crippen LogP contribution is 2.28. The molecule has 2 aromatic carbocycles. The van der Waals surface area contributed by atoms with E-state index in [2.05, 4.69) is 15.9 Å². The molecule has 0 aromatic heterocycles. The third-order valence-corrected chi connectivity index (χ3v) is 3.79. The second kappa shape index (κ2) is 6.07. The summed E-state index contributed by atoms with van der Waals surface area (Å²) in [4.78, 5) is 0. The van der Waals surface area contributed by atoms with Crippen molar-refractivity contribution in [1.82, 2.24) is 0 Å². The van der Waals surface area contributed by atoms with Gasteiger partial charge in [-0.1, -0.05) is 52.3 Å². The summed E-state index contributed by atoms with van der Waals surface area (Å²) in [5.41, 5.74) is 0.460. The Morgan fingerprint density at radius 2 is 1.30 bits per heavy atom. The van der Waals surface area contributed by atoms with E-state index in [0.29, 0.717) is 10.0 Å². The lowest BCUT2D eigenvalue weighted by atomic mass is 9.76. The summed E-state index contributed by atoms with van der Waals surface area (Å²) in [6, 6.07) is 8.85. The van der Waals surface area contributed by atoms with E-state index in [-0.39, 0.29) is 16.5 Å². The molecule has 20 heavy (non-hydrogen) atoms. The van der Waals surface area contributed by atoms with Crippen LogP contribution in [-0.2, 0) is 0 Å². The quantitative estimate of drug-likeness (QED) is 0.575. The first-order chi connectivity index (χ1) is 9.43. The van der Waals surface area contributed by atoms with Gasteiger partial charge in [-0.05, 0) is 11.0 Å². The standard InChI is InChI=1S/C12H10B2BrFO4/c15-11-7(3-1-5-9(11)13(17)18)8-4-2-6-10(12(8)16)14(19)20/h1-6,17-20H. The van der Waals surface area contributed by atoms with Gasteiger partial charge in [-0.2, -0.15) is 0 Å². The summed E-state index contributed by atoms with van der Waals surface area (Å²) in [6.45, 7) is 0. The van der Waals surface area contributed by atoms with Gasteiger partial charge in [0.1, 0.15) is 5.82 Å². The third-order valence-electron chi connectivity index (χ3n) is 2.90. The number of hydrogen-bond donors (Lipinski definition) is 4. The zero-order valence-electron chi connectivity index (χ0n) is 10.2. The summed E-state index contributed by atoms with van der Waals surface area (Å²) >= 11 is 3.20. The fourth-order valence-electron chi connectivity index (χ4n) is 1.91. The lowest BCUT2D eigenvalue weighted by Crippen LogP contribution is -2.33. The van der Waals surface area contributed by atoms with Crippen molar-refractivity contribution in [2.75, 3.05) is 0 Å². The van der Waals surface area contributed by atoms with Crippen molar-refractivity contribution in [2.45, 2.75) is 0 Å². The molecule has 0 heterocycles. The van der Waals surface area contributed by atoms with Crippen LogP contribution in [0.25, 0.3) is 11.1 Å². The lowest BCUT2D eigenvalue weighted by molar-refractivity contribution is 0.422. The van der Waals surface area contributed by atoms with Gasteiger partial charge in [-0.25, -0.2) is 4.39 Å². The van der Waals surface area contributed by atoms with Crippen molar-refractivity contribution in [1.29, 1.82) is 0 Å². The van der Waals surface area contributed by atoms with Crippen LogP contribution in [0, 0.1) is 5.82 Å². The molecule has 102 valence electrons. The average Bonchev–Trinajstić information content (AvgIpc) is 2.39.